The van der Waals surface area contributed by atoms with Crippen LogP contribution < -0.4 is 10.5 Å². The number of nitrogens with one attached hydrogen (secondary N) is 1. The minimum Gasteiger partial charge on any atom is -0.398 e. The van der Waals surface area contributed by atoms with Crippen molar-refractivity contribution < 1.29 is 13.3 Å². The molecule has 7 nitrogen and oxygen atoms in total. The number of non-ortho nitro benzene ring substituents is 1. The molecular formula is C11H17N3O4S. The molecular weight excluding hydrogens is 270 g/mol. The van der Waals surface area contributed by atoms with E-state index in [1.807, 2.05) is 6.92 Å². The van der Waals surface area contributed by atoms with Crippen molar-refractivity contribution in [3.63, 3.8) is 0 Å². The fourth-order valence-corrected chi connectivity index (χ4v) is 3.12. The van der Waals surface area contributed by atoms with Gasteiger partial charge in [-0.25, -0.2) is 13.1 Å². The molecule has 0 bridgehead atoms. The van der Waals surface area contributed by atoms with Crippen molar-refractivity contribution in [1.29, 1.82) is 0 Å². The zero-order valence-electron chi connectivity index (χ0n) is 10.8. The van der Waals surface area contributed by atoms with Crippen LogP contribution in [0.25, 0.3) is 0 Å². The van der Waals surface area contributed by atoms with Crippen molar-refractivity contribution in [2.75, 3.05) is 5.73 Å². The van der Waals surface area contributed by atoms with Gasteiger partial charge in [0.2, 0.25) is 10.0 Å². The first kappa shape index (κ1) is 15.4. The van der Waals surface area contributed by atoms with Crippen LogP contribution in [0, 0.1) is 10.1 Å². The van der Waals surface area contributed by atoms with E-state index in [2.05, 4.69) is 4.72 Å². The number of benzene rings is 1. The van der Waals surface area contributed by atoms with Crippen LogP contribution in [0.15, 0.2) is 23.1 Å². The van der Waals surface area contributed by atoms with Crippen LogP contribution in [0.5, 0.6) is 0 Å². The van der Waals surface area contributed by atoms with Gasteiger partial charge in [0.05, 0.1) is 10.6 Å². The third-order valence-electron chi connectivity index (χ3n) is 2.58. The summed E-state index contributed by atoms with van der Waals surface area (Å²) in [5, 5.41) is 10.7. The summed E-state index contributed by atoms with van der Waals surface area (Å²) in [6.07, 6.45) is 1.50. The summed E-state index contributed by atoms with van der Waals surface area (Å²) in [5.41, 5.74) is 5.26. The average molecular weight is 287 g/mol. The Morgan fingerprint density at radius 1 is 1.47 bits per heavy atom. The van der Waals surface area contributed by atoms with E-state index in [1.54, 1.807) is 6.92 Å². The van der Waals surface area contributed by atoms with Crippen molar-refractivity contribution in [3.05, 3.63) is 28.3 Å². The minimum atomic E-state index is -3.85. The molecule has 1 aromatic carbocycles. The molecule has 0 fully saturated rings. The lowest BCUT2D eigenvalue weighted by Gasteiger charge is -2.14. The fourth-order valence-electron chi connectivity index (χ4n) is 1.69. The van der Waals surface area contributed by atoms with Gasteiger partial charge >= 0.3 is 0 Å². The number of nitrogen functional groups attached to an aromatic ring is 1. The summed E-state index contributed by atoms with van der Waals surface area (Å²) in [4.78, 5) is 9.75. The van der Waals surface area contributed by atoms with Gasteiger partial charge in [-0.2, -0.15) is 0 Å². The van der Waals surface area contributed by atoms with Gasteiger partial charge in [0.25, 0.3) is 5.69 Å². The van der Waals surface area contributed by atoms with Crippen molar-refractivity contribution in [1.82, 2.24) is 4.72 Å². The van der Waals surface area contributed by atoms with E-state index >= 15 is 0 Å². The molecule has 1 unspecified atom stereocenters. The highest BCUT2D eigenvalue weighted by Gasteiger charge is 2.22. The van der Waals surface area contributed by atoms with Crippen LogP contribution >= 0.6 is 0 Å². The summed E-state index contributed by atoms with van der Waals surface area (Å²) in [7, 11) is -3.85. The first-order valence-electron chi connectivity index (χ1n) is 5.84. The number of nitro groups is 1. The van der Waals surface area contributed by atoms with Gasteiger partial charge in [-0.15, -0.1) is 0 Å². The molecule has 0 aliphatic rings. The standard InChI is InChI=1S/C11H17N3O4S/c1-3-4-8(2)13-19(17,18)11-7-9(14(15)16)5-6-10(11)12/h5-8,13H,3-4,12H2,1-2H3. The van der Waals surface area contributed by atoms with E-state index in [1.165, 1.54) is 12.1 Å². The van der Waals surface area contributed by atoms with Crippen molar-refractivity contribution in [2.24, 2.45) is 0 Å². The first-order chi connectivity index (χ1) is 8.77. The Hall–Kier alpha value is -1.67. The number of nitrogens with zero attached hydrogens (tertiary/aromatic N) is 1. The number of hydrogen-bond donors (Lipinski definition) is 2. The highest BCUT2D eigenvalue weighted by molar-refractivity contribution is 7.89. The summed E-state index contributed by atoms with van der Waals surface area (Å²) < 4.78 is 26.6. The van der Waals surface area contributed by atoms with Gasteiger partial charge in [0, 0.05) is 18.2 Å². The van der Waals surface area contributed by atoms with Crippen molar-refractivity contribution in [2.45, 2.75) is 37.6 Å². The fraction of sp³-hybridized carbons (Fsp3) is 0.455. The maximum Gasteiger partial charge on any atom is 0.270 e. The molecule has 3 N–H and O–H groups in total. The molecule has 0 radical (unpaired) electrons. The highest BCUT2D eigenvalue weighted by atomic mass is 32.2. The van der Waals surface area contributed by atoms with Crippen LogP contribution in [-0.4, -0.2) is 19.4 Å². The molecule has 0 saturated heterocycles. The molecule has 0 amide bonds. The second-order valence-electron chi connectivity index (χ2n) is 4.29. The number of nitrogens with two attached hydrogens (primary N) is 1. The molecule has 0 aliphatic carbocycles. The third kappa shape index (κ3) is 3.90. The van der Waals surface area contributed by atoms with Crippen LogP contribution in [0.3, 0.4) is 0 Å². The molecule has 0 aromatic heterocycles. The Balaban J connectivity index is 3.13. The van der Waals surface area contributed by atoms with Crippen LogP contribution in [-0.2, 0) is 10.0 Å². The van der Waals surface area contributed by atoms with Gasteiger partial charge in [-0.05, 0) is 19.4 Å². The van der Waals surface area contributed by atoms with Crippen LogP contribution in [0.2, 0.25) is 0 Å². The molecule has 106 valence electrons. The van der Waals surface area contributed by atoms with E-state index in [-0.39, 0.29) is 22.3 Å². The Labute approximate surface area is 112 Å². The Morgan fingerprint density at radius 3 is 2.63 bits per heavy atom. The van der Waals surface area contributed by atoms with E-state index in [4.69, 9.17) is 5.73 Å². The number of hydrogen-bond acceptors (Lipinski definition) is 5. The lowest BCUT2D eigenvalue weighted by atomic mass is 10.2. The van der Waals surface area contributed by atoms with Crippen LogP contribution in [0.4, 0.5) is 11.4 Å². The van der Waals surface area contributed by atoms with Crippen LogP contribution in [0.1, 0.15) is 26.7 Å². The quantitative estimate of drug-likeness (QED) is 0.469. The molecule has 8 heteroatoms. The monoisotopic (exact) mass is 287 g/mol. The molecule has 1 atom stereocenters. The molecule has 19 heavy (non-hydrogen) atoms. The predicted octanol–water partition coefficient (Wildman–Crippen LogP) is 1.64. The maximum atomic E-state index is 12.1. The first-order valence-corrected chi connectivity index (χ1v) is 7.32. The second-order valence-corrected chi connectivity index (χ2v) is 5.97. The summed E-state index contributed by atoms with van der Waals surface area (Å²) in [5.74, 6) is 0. The number of sulfonamides is 1. The summed E-state index contributed by atoms with van der Waals surface area (Å²) >= 11 is 0. The highest BCUT2D eigenvalue weighted by Crippen LogP contribution is 2.24. The van der Waals surface area contributed by atoms with E-state index in [0.717, 1.165) is 12.5 Å². The van der Waals surface area contributed by atoms with Gasteiger partial charge in [-0.1, -0.05) is 13.3 Å². The molecule has 0 saturated carbocycles. The molecule has 1 aromatic rings. The topological polar surface area (TPSA) is 115 Å². The zero-order chi connectivity index (χ0) is 14.6. The number of nitro benzene ring substituents is 1. The Kier molecular flexibility index (Phi) is 4.84. The molecule has 0 aliphatic heterocycles. The summed E-state index contributed by atoms with van der Waals surface area (Å²) in [6, 6.07) is 3.10. The zero-order valence-corrected chi connectivity index (χ0v) is 11.6. The SMILES string of the molecule is CCCC(C)NS(=O)(=O)c1cc([N+](=O)[O-])ccc1N. The molecule has 1 rings (SSSR count). The van der Waals surface area contributed by atoms with Gasteiger partial charge in [0.15, 0.2) is 0 Å². The van der Waals surface area contributed by atoms with E-state index in [0.29, 0.717) is 6.42 Å². The molecule has 0 spiro atoms. The van der Waals surface area contributed by atoms with Gasteiger partial charge in [-0.3, -0.25) is 10.1 Å². The third-order valence-corrected chi connectivity index (χ3v) is 4.22. The van der Waals surface area contributed by atoms with Crippen molar-refractivity contribution in [3.8, 4) is 0 Å². The lowest BCUT2D eigenvalue weighted by molar-refractivity contribution is -0.385. The largest absolute Gasteiger partial charge is 0.398 e. The normalized spacial score (nSPS) is 13.2. The average Bonchev–Trinajstić information content (AvgIpc) is 2.28. The number of anilines is 1. The lowest BCUT2D eigenvalue weighted by Crippen LogP contribution is -2.32. The van der Waals surface area contributed by atoms with Gasteiger partial charge in [0.1, 0.15) is 4.90 Å². The van der Waals surface area contributed by atoms with E-state index in [9.17, 15) is 18.5 Å². The minimum absolute atomic E-state index is 0.0122. The number of rotatable bonds is 6. The second kappa shape index (κ2) is 5.98. The van der Waals surface area contributed by atoms with E-state index < -0.39 is 14.9 Å². The van der Waals surface area contributed by atoms with Crippen molar-refractivity contribution >= 4 is 21.4 Å². The Morgan fingerprint density at radius 2 is 2.11 bits per heavy atom. The predicted molar refractivity (Wildman–Crippen MR) is 72.2 cm³/mol. The van der Waals surface area contributed by atoms with Gasteiger partial charge < -0.3 is 5.73 Å². The maximum absolute atomic E-state index is 12.1. The Bertz CT molecular complexity index is 571. The smallest absolute Gasteiger partial charge is 0.270 e. The molecule has 0 heterocycles. The summed E-state index contributed by atoms with van der Waals surface area (Å²) in [6.45, 7) is 3.67.